The molecule has 4 nitrogen and oxygen atoms in total. The molecule has 0 saturated carbocycles. The van der Waals surface area contributed by atoms with Crippen molar-refractivity contribution in [3.8, 4) is 0 Å². The predicted octanol–water partition coefficient (Wildman–Crippen LogP) is 2.48. The van der Waals surface area contributed by atoms with E-state index in [-0.39, 0.29) is 5.82 Å². The molecule has 0 N–H and O–H groups in total. The normalized spacial score (nSPS) is 18.2. The maximum absolute atomic E-state index is 13.0. The van der Waals surface area contributed by atoms with Crippen molar-refractivity contribution in [2.24, 2.45) is 7.05 Å². The molecule has 0 amide bonds. The van der Waals surface area contributed by atoms with Crippen molar-refractivity contribution in [2.45, 2.75) is 19.4 Å². The van der Waals surface area contributed by atoms with E-state index in [0.29, 0.717) is 5.92 Å². The molecule has 3 rings (SSSR count). The van der Waals surface area contributed by atoms with Crippen LogP contribution in [0.4, 0.5) is 4.39 Å². The number of hydrogen-bond acceptors (Lipinski definition) is 3. The van der Waals surface area contributed by atoms with Gasteiger partial charge in [-0.3, -0.25) is 4.90 Å². The molecule has 1 aromatic carbocycles. The minimum absolute atomic E-state index is 0.163. The monoisotopic (exact) mass is 316 g/mol. The van der Waals surface area contributed by atoms with Crippen LogP contribution in [0.1, 0.15) is 24.2 Å². The van der Waals surface area contributed by atoms with Crippen LogP contribution in [0.3, 0.4) is 0 Å². The predicted molar refractivity (Wildman–Crippen MR) is 89.7 cm³/mol. The summed E-state index contributed by atoms with van der Waals surface area (Å²) in [6.07, 6.45) is 3.85. The zero-order valence-electron chi connectivity index (χ0n) is 14.0. The SMILES string of the molecule is C[C@@H](CN1CCN(Cc2nccn2C)CC1)c1ccc(F)cc1. The lowest BCUT2D eigenvalue weighted by Gasteiger charge is -2.35. The summed E-state index contributed by atoms with van der Waals surface area (Å²) >= 11 is 0. The number of piperazine rings is 1. The number of nitrogens with zero attached hydrogens (tertiary/aromatic N) is 4. The van der Waals surface area contributed by atoms with E-state index < -0.39 is 0 Å². The third kappa shape index (κ3) is 4.18. The number of aromatic nitrogens is 2. The molecular weight excluding hydrogens is 291 g/mol. The number of imidazole rings is 1. The first kappa shape index (κ1) is 16.1. The standard InChI is InChI=1S/C18H25FN4/c1-15(16-3-5-17(19)6-4-16)13-22-9-11-23(12-10-22)14-18-20-7-8-21(18)2/h3-8,15H,9-14H2,1-2H3/t15-/m0/s1. The lowest BCUT2D eigenvalue weighted by molar-refractivity contribution is 0.120. The molecule has 23 heavy (non-hydrogen) atoms. The van der Waals surface area contributed by atoms with Crippen LogP contribution < -0.4 is 0 Å². The zero-order chi connectivity index (χ0) is 16.2. The summed E-state index contributed by atoms with van der Waals surface area (Å²) in [5.74, 6) is 1.39. The number of benzene rings is 1. The fraction of sp³-hybridized carbons (Fsp3) is 0.500. The number of hydrogen-bond donors (Lipinski definition) is 0. The average Bonchev–Trinajstić information content (AvgIpc) is 2.95. The highest BCUT2D eigenvalue weighted by Gasteiger charge is 2.20. The second kappa shape index (κ2) is 7.23. The highest BCUT2D eigenvalue weighted by Crippen LogP contribution is 2.18. The Kier molecular flexibility index (Phi) is 5.08. The molecule has 124 valence electrons. The molecule has 0 bridgehead atoms. The van der Waals surface area contributed by atoms with Crippen molar-refractivity contribution < 1.29 is 4.39 Å². The summed E-state index contributed by atoms with van der Waals surface area (Å²) in [5.41, 5.74) is 1.21. The van der Waals surface area contributed by atoms with Gasteiger partial charge >= 0.3 is 0 Å². The van der Waals surface area contributed by atoms with E-state index in [4.69, 9.17) is 0 Å². The van der Waals surface area contributed by atoms with E-state index in [1.807, 2.05) is 31.6 Å². The summed E-state index contributed by atoms with van der Waals surface area (Å²) in [6.45, 7) is 8.47. The van der Waals surface area contributed by atoms with Crippen LogP contribution in [0.25, 0.3) is 0 Å². The van der Waals surface area contributed by atoms with Gasteiger partial charge in [0.1, 0.15) is 11.6 Å². The van der Waals surface area contributed by atoms with Gasteiger partial charge in [0.05, 0.1) is 6.54 Å². The number of aryl methyl sites for hydroxylation is 1. The summed E-state index contributed by atoms with van der Waals surface area (Å²) < 4.78 is 15.1. The average molecular weight is 316 g/mol. The van der Waals surface area contributed by atoms with Gasteiger partial charge in [-0.25, -0.2) is 9.37 Å². The lowest BCUT2D eigenvalue weighted by atomic mass is 10.0. The molecule has 0 aliphatic carbocycles. The highest BCUT2D eigenvalue weighted by molar-refractivity contribution is 5.20. The smallest absolute Gasteiger partial charge is 0.123 e. The zero-order valence-corrected chi connectivity index (χ0v) is 14.0. The van der Waals surface area contributed by atoms with Gasteiger partial charge in [0.15, 0.2) is 0 Å². The van der Waals surface area contributed by atoms with E-state index in [0.717, 1.165) is 45.1 Å². The van der Waals surface area contributed by atoms with E-state index in [1.165, 1.54) is 5.56 Å². The van der Waals surface area contributed by atoms with Gasteiger partial charge in [0, 0.05) is 52.2 Å². The third-order valence-corrected chi connectivity index (χ3v) is 4.72. The van der Waals surface area contributed by atoms with Crippen molar-refractivity contribution in [2.75, 3.05) is 32.7 Å². The van der Waals surface area contributed by atoms with E-state index in [2.05, 4.69) is 26.3 Å². The maximum Gasteiger partial charge on any atom is 0.123 e. The molecule has 1 saturated heterocycles. The molecular formula is C18H25FN4. The lowest BCUT2D eigenvalue weighted by Crippen LogP contribution is -2.47. The Bertz CT molecular complexity index is 614. The Labute approximate surface area is 137 Å². The van der Waals surface area contributed by atoms with Crippen molar-refractivity contribution in [1.82, 2.24) is 19.4 Å². The van der Waals surface area contributed by atoms with E-state index in [1.54, 1.807) is 12.1 Å². The van der Waals surface area contributed by atoms with Gasteiger partial charge in [0.2, 0.25) is 0 Å². The van der Waals surface area contributed by atoms with Crippen LogP contribution in [-0.4, -0.2) is 52.1 Å². The molecule has 5 heteroatoms. The fourth-order valence-electron chi connectivity index (χ4n) is 3.16. The molecule has 0 radical (unpaired) electrons. The molecule has 1 aromatic heterocycles. The first-order valence-corrected chi connectivity index (χ1v) is 8.28. The maximum atomic E-state index is 13.0. The van der Waals surface area contributed by atoms with Crippen LogP contribution in [0.5, 0.6) is 0 Å². The number of rotatable bonds is 5. The quantitative estimate of drug-likeness (QED) is 0.847. The van der Waals surface area contributed by atoms with Crippen LogP contribution in [0.2, 0.25) is 0 Å². The van der Waals surface area contributed by atoms with Gasteiger partial charge in [-0.1, -0.05) is 19.1 Å². The van der Waals surface area contributed by atoms with Gasteiger partial charge < -0.3 is 9.47 Å². The summed E-state index contributed by atoms with van der Waals surface area (Å²) in [5, 5.41) is 0. The summed E-state index contributed by atoms with van der Waals surface area (Å²) in [4.78, 5) is 9.36. The van der Waals surface area contributed by atoms with Crippen LogP contribution in [0.15, 0.2) is 36.7 Å². The Balaban J connectivity index is 1.47. The molecule has 1 atom stereocenters. The molecule has 0 spiro atoms. The highest BCUT2D eigenvalue weighted by atomic mass is 19.1. The Morgan fingerprint density at radius 2 is 1.74 bits per heavy atom. The topological polar surface area (TPSA) is 24.3 Å². The molecule has 2 aromatic rings. The van der Waals surface area contributed by atoms with Crippen LogP contribution in [0, 0.1) is 5.82 Å². The second-order valence-corrected chi connectivity index (χ2v) is 6.48. The van der Waals surface area contributed by atoms with Crippen molar-refractivity contribution >= 4 is 0 Å². The van der Waals surface area contributed by atoms with Gasteiger partial charge in [-0.15, -0.1) is 0 Å². The Morgan fingerprint density at radius 3 is 2.35 bits per heavy atom. The molecule has 1 fully saturated rings. The van der Waals surface area contributed by atoms with E-state index in [9.17, 15) is 4.39 Å². The second-order valence-electron chi connectivity index (χ2n) is 6.48. The fourth-order valence-corrected chi connectivity index (χ4v) is 3.16. The van der Waals surface area contributed by atoms with Crippen LogP contribution >= 0.6 is 0 Å². The molecule has 0 unspecified atom stereocenters. The first-order valence-electron chi connectivity index (χ1n) is 8.28. The van der Waals surface area contributed by atoms with E-state index >= 15 is 0 Å². The molecule has 1 aliphatic heterocycles. The van der Waals surface area contributed by atoms with Crippen molar-refractivity contribution in [3.05, 3.63) is 53.9 Å². The summed E-state index contributed by atoms with van der Waals surface area (Å²) in [7, 11) is 2.04. The van der Waals surface area contributed by atoms with Gasteiger partial charge in [-0.2, -0.15) is 0 Å². The van der Waals surface area contributed by atoms with Crippen molar-refractivity contribution in [3.63, 3.8) is 0 Å². The molecule has 2 heterocycles. The summed E-state index contributed by atoms with van der Waals surface area (Å²) in [6, 6.07) is 6.90. The van der Waals surface area contributed by atoms with Crippen molar-refractivity contribution in [1.29, 1.82) is 0 Å². The third-order valence-electron chi connectivity index (χ3n) is 4.72. The minimum Gasteiger partial charge on any atom is -0.337 e. The van der Waals surface area contributed by atoms with Gasteiger partial charge in [0.25, 0.3) is 0 Å². The first-order chi connectivity index (χ1) is 11.1. The Hall–Kier alpha value is -1.72. The van der Waals surface area contributed by atoms with Gasteiger partial charge in [-0.05, 0) is 23.6 Å². The van der Waals surface area contributed by atoms with Crippen LogP contribution in [-0.2, 0) is 13.6 Å². The minimum atomic E-state index is -0.163. The largest absolute Gasteiger partial charge is 0.337 e. The molecule has 1 aliphatic rings. The number of halogens is 1. The Morgan fingerprint density at radius 1 is 1.09 bits per heavy atom.